The molecule has 10 heteroatoms. The van der Waals surface area contributed by atoms with E-state index in [1.807, 2.05) is 24.3 Å². The molecule has 0 fully saturated rings. The fourth-order valence-corrected chi connectivity index (χ4v) is 3.89. The van der Waals surface area contributed by atoms with Crippen LogP contribution >= 0.6 is 24.8 Å². The second kappa shape index (κ2) is 13.7. The van der Waals surface area contributed by atoms with Gasteiger partial charge in [0.2, 0.25) is 0 Å². The molecule has 2 aromatic heterocycles. The van der Waals surface area contributed by atoms with Gasteiger partial charge < -0.3 is 15.2 Å². The molecule has 0 atom stereocenters. The highest BCUT2D eigenvalue weighted by Gasteiger charge is 2.22. The van der Waals surface area contributed by atoms with Gasteiger partial charge >= 0.3 is 0 Å². The van der Waals surface area contributed by atoms with Crippen molar-refractivity contribution in [2.24, 2.45) is 0 Å². The Hall–Kier alpha value is -3.27. The fraction of sp³-hybridized carbons (Fsp3) is 0.192. The molecule has 4 rings (SSSR count). The molecular weight excluding hydrogens is 503 g/mol. The van der Waals surface area contributed by atoms with Crippen LogP contribution in [0.25, 0.3) is 33.3 Å². The number of carbonyl (C=O) groups is 1. The Kier molecular flexibility index (Phi) is 11.0. The van der Waals surface area contributed by atoms with Crippen molar-refractivity contribution in [2.45, 2.75) is 6.42 Å². The number of halogens is 2. The Labute approximate surface area is 221 Å². The van der Waals surface area contributed by atoms with E-state index < -0.39 is 5.91 Å². The maximum absolute atomic E-state index is 12.4. The van der Waals surface area contributed by atoms with Crippen molar-refractivity contribution < 1.29 is 19.8 Å². The highest BCUT2D eigenvalue weighted by molar-refractivity contribution is 6.09. The van der Waals surface area contributed by atoms with Crippen LogP contribution in [0.3, 0.4) is 0 Å². The van der Waals surface area contributed by atoms with Gasteiger partial charge in [-0.2, -0.15) is 0 Å². The van der Waals surface area contributed by atoms with Crippen molar-refractivity contribution in [1.29, 1.82) is 0 Å². The molecule has 0 aliphatic carbocycles. The predicted molar refractivity (Wildman–Crippen MR) is 144 cm³/mol. The third-order valence-electron chi connectivity index (χ3n) is 5.60. The average molecular weight is 531 g/mol. The first-order valence-electron chi connectivity index (χ1n) is 10.9. The van der Waals surface area contributed by atoms with Gasteiger partial charge in [-0.15, -0.1) is 24.8 Å². The number of hydrogen-bond donors (Lipinski definition) is 4. The first kappa shape index (κ1) is 29.0. The molecule has 36 heavy (non-hydrogen) atoms. The molecule has 190 valence electrons. The minimum Gasteiger partial charge on any atom is -0.494 e. The number of nitrogens with zero attached hydrogens (tertiary/aromatic N) is 2. The minimum absolute atomic E-state index is 0. The van der Waals surface area contributed by atoms with Gasteiger partial charge in [-0.25, -0.2) is 10.5 Å². The molecule has 0 radical (unpaired) electrons. The van der Waals surface area contributed by atoms with E-state index in [4.69, 9.17) is 14.8 Å². The summed E-state index contributed by atoms with van der Waals surface area (Å²) in [7, 11) is 1.46. The predicted octanol–water partition coefficient (Wildman–Crippen LogP) is 4.06. The molecule has 0 spiro atoms. The standard InChI is InChI=1S/C26H26N4O4.2ClH/c1-34-25-23(26(32)30-33)21-16-28-13-11-22(21)29-24(25)20-8-6-19(7-9-20)18-4-2-17(3-5-18)10-12-27-14-15-31;;/h2-9,11,13,16,27,31,33H,10,12,14-15H2,1H3,(H,30,32);2*1H. The molecule has 1 amide bonds. The normalized spacial score (nSPS) is 10.3. The van der Waals surface area contributed by atoms with Gasteiger partial charge in [0.1, 0.15) is 5.69 Å². The van der Waals surface area contributed by atoms with Crippen molar-refractivity contribution in [3.05, 3.63) is 78.1 Å². The molecule has 4 aromatic rings. The number of amides is 1. The number of fused-ring (bicyclic) bond motifs is 1. The first-order valence-corrected chi connectivity index (χ1v) is 10.9. The zero-order valence-electron chi connectivity index (χ0n) is 19.6. The SMILES string of the molecule is COc1c(-c2ccc(-c3ccc(CCNCCO)cc3)cc2)nc2ccncc2c1C(=O)NO.Cl.Cl. The summed E-state index contributed by atoms with van der Waals surface area (Å²) < 4.78 is 5.56. The quantitative estimate of drug-likeness (QED) is 0.146. The van der Waals surface area contributed by atoms with E-state index in [0.717, 1.165) is 29.7 Å². The number of hydrogen-bond acceptors (Lipinski definition) is 7. The largest absolute Gasteiger partial charge is 0.494 e. The maximum atomic E-state index is 12.4. The third kappa shape index (κ3) is 6.29. The second-order valence-electron chi connectivity index (χ2n) is 7.70. The lowest BCUT2D eigenvalue weighted by atomic mass is 9.99. The number of aliphatic hydroxyl groups excluding tert-OH is 1. The average Bonchev–Trinajstić information content (AvgIpc) is 2.90. The van der Waals surface area contributed by atoms with E-state index >= 15 is 0 Å². The van der Waals surface area contributed by atoms with Gasteiger partial charge in [0, 0.05) is 29.9 Å². The molecule has 2 heterocycles. The van der Waals surface area contributed by atoms with Crippen LogP contribution in [0.5, 0.6) is 5.75 Å². The number of aliphatic hydroxyl groups is 1. The number of ether oxygens (including phenoxy) is 1. The molecule has 8 nitrogen and oxygen atoms in total. The lowest BCUT2D eigenvalue weighted by Crippen LogP contribution is -2.20. The Bertz CT molecular complexity index is 1290. The lowest BCUT2D eigenvalue weighted by Gasteiger charge is -2.15. The van der Waals surface area contributed by atoms with E-state index in [-0.39, 0.29) is 42.7 Å². The summed E-state index contributed by atoms with van der Waals surface area (Å²) in [6, 6.07) is 17.9. The van der Waals surface area contributed by atoms with Crippen molar-refractivity contribution in [3.8, 4) is 28.1 Å². The number of pyridine rings is 2. The number of hydroxylamine groups is 1. The Morgan fingerprint density at radius 1 is 0.944 bits per heavy atom. The van der Waals surface area contributed by atoms with Crippen LogP contribution in [0.15, 0.2) is 67.0 Å². The molecular formula is C26H28Cl2N4O4. The summed E-state index contributed by atoms with van der Waals surface area (Å²) in [5.74, 6) is -0.430. The van der Waals surface area contributed by atoms with E-state index in [0.29, 0.717) is 23.1 Å². The van der Waals surface area contributed by atoms with E-state index in [2.05, 4.69) is 34.6 Å². The van der Waals surface area contributed by atoms with Crippen LogP contribution in [0, 0.1) is 0 Å². The van der Waals surface area contributed by atoms with Gasteiger partial charge in [-0.1, -0.05) is 48.5 Å². The number of aromatic nitrogens is 2. The van der Waals surface area contributed by atoms with Gasteiger partial charge in [0.05, 0.1) is 24.8 Å². The summed E-state index contributed by atoms with van der Waals surface area (Å²) >= 11 is 0. The zero-order chi connectivity index (χ0) is 23.9. The molecule has 0 saturated carbocycles. The number of rotatable bonds is 9. The second-order valence-corrected chi connectivity index (χ2v) is 7.70. The first-order chi connectivity index (χ1) is 16.7. The Morgan fingerprint density at radius 2 is 1.58 bits per heavy atom. The number of methoxy groups -OCH3 is 1. The van der Waals surface area contributed by atoms with Crippen molar-refractivity contribution in [3.63, 3.8) is 0 Å². The highest BCUT2D eigenvalue weighted by Crippen LogP contribution is 2.36. The van der Waals surface area contributed by atoms with Gasteiger partial charge in [0.15, 0.2) is 5.75 Å². The van der Waals surface area contributed by atoms with Crippen molar-refractivity contribution in [2.75, 3.05) is 26.8 Å². The maximum Gasteiger partial charge on any atom is 0.279 e. The monoisotopic (exact) mass is 530 g/mol. The topological polar surface area (TPSA) is 117 Å². The molecule has 2 aromatic carbocycles. The van der Waals surface area contributed by atoms with Crippen LogP contribution < -0.4 is 15.5 Å². The molecule has 0 saturated heterocycles. The van der Waals surface area contributed by atoms with Crippen LogP contribution in [-0.2, 0) is 6.42 Å². The van der Waals surface area contributed by atoms with E-state index in [1.165, 1.54) is 18.9 Å². The summed E-state index contributed by atoms with van der Waals surface area (Å²) in [5.41, 5.74) is 7.06. The molecule has 0 unspecified atom stereocenters. The molecule has 0 aliphatic heterocycles. The minimum atomic E-state index is -0.693. The number of carbonyl (C=O) groups excluding carboxylic acids is 1. The van der Waals surface area contributed by atoms with Crippen molar-refractivity contribution >= 4 is 41.6 Å². The van der Waals surface area contributed by atoms with Gasteiger partial charge in [0.25, 0.3) is 5.91 Å². The molecule has 4 N–H and O–H groups in total. The van der Waals surface area contributed by atoms with Crippen LogP contribution in [0.2, 0.25) is 0 Å². The van der Waals surface area contributed by atoms with E-state index in [9.17, 15) is 10.0 Å². The number of benzene rings is 2. The van der Waals surface area contributed by atoms with E-state index in [1.54, 1.807) is 17.7 Å². The summed E-state index contributed by atoms with van der Waals surface area (Å²) in [4.78, 5) is 21.2. The fourth-order valence-electron chi connectivity index (χ4n) is 3.89. The summed E-state index contributed by atoms with van der Waals surface area (Å²) in [5, 5.41) is 21.8. The number of nitrogens with one attached hydrogen (secondary N) is 2. The van der Waals surface area contributed by atoms with Crippen LogP contribution in [0.4, 0.5) is 0 Å². The van der Waals surface area contributed by atoms with Crippen LogP contribution in [-0.4, -0.2) is 53.0 Å². The lowest BCUT2D eigenvalue weighted by molar-refractivity contribution is 0.0705. The Balaban J connectivity index is 0.00000228. The van der Waals surface area contributed by atoms with Gasteiger partial charge in [-0.3, -0.25) is 15.0 Å². The zero-order valence-corrected chi connectivity index (χ0v) is 21.2. The van der Waals surface area contributed by atoms with Gasteiger partial charge in [-0.05, 0) is 35.7 Å². The van der Waals surface area contributed by atoms with Crippen LogP contribution in [0.1, 0.15) is 15.9 Å². The smallest absolute Gasteiger partial charge is 0.279 e. The molecule has 0 bridgehead atoms. The third-order valence-corrected chi connectivity index (χ3v) is 5.60. The highest BCUT2D eigenvalue weighted by atomic mass is 35.5. The summed E-state index contributed by atoms with van der Waals surface area (Å²) in [6.07, 6.45) is 4.02. The van der Waals surface area contributed by atoms with Crippen molar-refractivity contribution in [1.82, 2.24) is 20.8 Å². The summed E-state index contributed by atoms with van der Waals surface area (Å²) in [6.45, 7) is 1.56. The molecule has 0 aliphatic rings. The Morgan fingerprint density at radius 3 is 2.19 bits per heavy atom.